The number of cyclic esters (lactones) is 2. The van der Waals surface area contributed by atoms with Crippen molar-refractivity contribution < 1.29 is 28.5 Å². The number of para-hydroxylation sites is 1. The molecule has 5 aromatic rings. The van der Waals surface area contributed by atoms with Gasteiger partial charge in [0, 0.05) is 36.9 Å². The first-order chi connectivity index (χ1) is 20.3. The lowest BCUT2D eigenvalue weighted by molar-refractivity contribution is -0.240. The number of H-pyrrole nitrogens is 1. The van der Waals surface area contributed by atoms with Crippen molar-refractivity contribution in [1.82, 2.24) is 4.98 Å². The van der Waals surface area contributed by atoms with Gasteiger partial charge in [-0.3, -0.25) is 9.59 Å². The van der Waals surface area contributed by atoms with Crippen molar-refractivity contribution in [2.75, 3.05) is 6.61 Å². The van der Waals surface area contributed by atoms with E-state index in [1.165, 1.54) is 0 Å². The first-order valence-electron chi connectivity index (χ1n) is 13.8. The Morgan fingerprint density at radius 2 is 1.60 bits per heavy atom. The Bertz CT molecular complexity index is 1780. The number of nitrogens with one attached hydrogen (secondary N) is 1. The Morgan fingerprint density at radius 1 is 0.905 bits per heavy atom. The number of carbonyl (C=O) groups is 2. The van der Waals surface area contributed by atoms with Crippen LogP contribution in [-0.4, -0.2) is 29.3 Å². The van der Waals surface area contributed by atoms with E-state index >= 15 is 0 Å². The zero-order valence-corrected chi connectivity index (χ0v) is 25.6. The summed E-state index contributed by atoms with van der Waals surface area (Å²) in [5, 5.41) is 3.17. The van der Waals surface area contributed by atoms with Gasteiger partial charge in [0.2, 0.25) is 0 Å². The molecule has 4 aromatic carbocycles. The Morgan fingerprint density at radius 3 is 2.36 bits per heavy atom. The normalized spacial score (nSPS) is 15.8. The van der Waals surface area contributed by atoms with Crippen LogP contribution >= 0.6 is 22.6 Å². The molecular formula is C34H30INO6. The first kappa shape index (κ1) is 28.1. The number of aromatic amines is 1. The Labute approximate surface area is 257 Å². The zero-order valence-electron chi connectivity index (χ0n) is 23.5. The van der Waals surface area contributed by atoms with Gasteiger partial charge in [-0.15, -0.1) is 0 Å². The van der Waals surface area contributed by atoms with Gasteiger partial charge in [-0.2, -0.15) is 0 Å². The van der Waals surface area contributed by atoms with Gasteiger partial charge in [-0.25, -0.2) is 0 Å². The standard InChI is InChI=1S/C34H30INO6/c1-4-39-28-17-22(16-26(35)31(28)40-19-21-12-9-11-20-10-5-6-13-23(20)21)29(25-18-36-27-15-8-7-14-24(25)27)30-32(37)41-34(2,3)42-33(30)38/h5-18,29-30,36H,4,19H2,1-3H3/t29-/m0/s1. The maximum Gasteiger partial charge on any atom is 0.324 e. The van der Waals surface area contributed by atoms with Gasteiger partial charge in [0.15, 0.2) is 17.4 Å². The van der Waals surface area contributed by atoms with E-state index in [1.807, 2.05) is 67.7 Å². The van der Waals surface area contributed by atoms with Crippen LogP contribution in [0.15, 0.2) is 85.1 Å². The number of rotatable bonds is 8. The third-order valence-corrected chi connectivity index (χ3v) is 8.23. The van der Waals surface area contributed by atoms with Crippen LogP contribution in [0.5, 0.6) is 11.5 Å². The van der Waals surface area contributed by atoms with Gasteiger partial charge in [0.25, 0.3) is 5.79 Å². The molecule has 1 atom stereocenters. The summed E-state index contributed by atoms with van der Waals surface area (Å²) in [6, 6.07) is 25.9. The highest BCUT2D eigenvalue weighted by molar-refractivity contribution is 14.1. The minimum atomic E-state index is -1.33. The zero-order chi connectivity index (χ0) is 29.4. The second-order valence-corrected chi connectivity index (χ2v) is 11.8. The molecule has 214 valence electrons. The highest BCUT2D eigenvalue weighted by Crippen LogP contribution is 2.45. The molecule has 1 saturated heterocycles. The van der Waals surface area contributed by atoms with Crippen LogP contribution in [0.25, 0.3) is 21.7 Å². The van der Waals surface area contributed by atoms with Crippen molar-refractivity contribution in [3.8, 4) is 11.5 Å². The van der Waals surface area contributed by atoms with Crippen molar-refractivity contribution in [3.05, 3.63) is 105 Å². The summed E-state index contributed by atoms with van der Waals surface area (Å²) in [7, 11) is 0. The molecule has 0 unspecified atom stereocenters. The van der Waals surface area contributed by atoms with Crippen LogP contribution in [0.4, 0.5) is 0 Å². The van der Waals surface area contributed by atoms with Gasteiger partial charge in [-0.1, -0.05) is 60.7 Å². The van der Waals surface area contributed by atoms with E-state index < -0.39 is 29.6 Å². The number of hydrogen-bond acceptors (Lipinski definition) is 6. The van der Waals surface area contributed by atoms with Crippen molar-refractivity contribution in [1.29, 1.82) is 0 Å². The summed E-state index contributed by atoms with van der Waals surface area (Å²) in [6.07, 6.45) is 1.84. The maximum atomic E-state index is 13.4. The number of hydrogen-bond donors (Lipinski definition) is 1. The summed E-state index contributed by atoms with van der Waals surface area (Å²) in [4.78, 5) is 30.1. The molecule has 0 spiro atoms. The fourth-order valence-corrected chi connectivity index (χ4v) is 6.42. The van der Waals surface area contributed by atoms with E-state index in [0.29, 0.717) is 30.3 Å². The minimum absolute atomic E-state index is 0.346. The predicted octanol–water partition coefficient (Wildman–Crippen LogP) is 7.49. The van der Waals surface area contributed by atoms with Gasteiger partial charge >= 0.3 is 11.9 Å². The number of ether oxygens (including phenoxy) is 4. The fraction of sp³-hybridized carbons (Fsp3) is 0.235. The molecule has 0 amide bonds. The van der Waals surface area contributed by atoms with E-state index in [2.05, 4.69) is 51.8 Å². The van der Waals surface area contributed by atoms with Crippen molar-refractivity contribution >= 4 is 56.2 Å². The van der Waals surface area contributed by atoms with Gasteiger partial charge in [0.05, 0.1) is 10.2 Å². The van der Waals surface area contributed by atoms with Crippen molar-refractivity contribution in [2.24, 2.45) is 5.92 Å². The van der Waals surface area contributed by atoms with Crippen LogP contribution in [0, 0.1) is 9.49 Å². The molecule has 1 fully saturated rings. The summed E-state index contributed by atoms with van der Waals surface area (Å²) in [6.45, 7) is 5.77. The van der Waals surface area contributed by atoms with Crippen LogP contribution in [0.1, 0.15) is 43.4 Å². The number of carbonyl (C=O) groups excluding carboxylic acids is 2. The molecule has 1 aromatic heterocycles. The number of benzene rings is 4. The lowest BCUT2D eigenvalue weighted by Gasteiger charge is -2.36. The predicted molar refractivity (Wildman–Crippen MR) is 169 cm³/mol. The molecule has 0 bridgehead atoms. The first-order valence-corrected chi connectivity index (χ1v) is 14.9. The van der Waals surface area contributed by atoms with E-state index in [0.717, 1.165) is 36.4 Å². The third-order valence-electron chi connectivity index (χ3n) is 7.43. The molecule has 1 aliphatic heterocycles. The average Bonchev–Trinajstić information content (AvgIpc) is 3.38. The molecule has 1 aliphatic rings. The molecule has 8 heteroatoms. The SMILES string of the molecule is CCOc1cc([C@@H](c2c[nH]c3ccccc23)C2C(=O)OC(C)(C)OC2=O)cc(I)c1OCc1cccc2ccccc12. The monoisotopic (exact) mass is 675 g/mol. The second-order valence-electron chi connectivity index (χ2n) is 10.7. The van der Waals surface area contributed by atoms with Gasteiger partial charge < -0.3 is 23.9 Å². The van der Waals surface area contributed by atoms with E-state index in [1.54, 1.807) is 13.8 Å². The Hall–Kier alpha value is -4.05. The van der Waals surface area contributed by atoms with E-state index in [4.69, 9.17) is 18.9 Å². The smallest absolute Gasteiger partial charge is 0.324 e. The molecule has 42 heavy (non-hydrogen) atoms. The van der Waals surface area contributed by atoms with Gasteiger partial charge in [-0.05, 0) is 75.2 Å². The van der Waals surface area contributed by atoms with E-state index in [-0.39, 0.29) is 0 Å². The number of aromatic nitrogens is 1. The molecular weight excluding hydrogens is 645 g/mol. The summed E-state index contributed by atoms with van der Waals surface area (Å²) in [5.41, 5.74) is 3.45. The lowest BCUT2D eigenvalue weighted by Crippen LogP contribution is -2.48. The molecule has 6 rings (SSSR count). The third kappa shape index (κ3) is 5.31. The van der Waals surface area contributed by atoms with Crippen LogP contribution < -0.4 is 9.47 Å². The van der Waals surface area contributed by atoms with Crippen LogP contribution in [0.3, 0.4) is 0 Å². The quantitative estimate of drug-likeness (QED) is 0.104. The topological polar surface area (TPSA) is 86.9 Å². The summed E-state index contributed by atoms with van der Waals surface area (Å²) < 4.78 is 24.4. The highest BCUT2D eigenvalue weighted by Gasteiger charge is 2.49. The van der Waals surface area contributed by atoms with Crippen LogP contribution in [-0.2, 0) is 25.7 Å². The maximum absolute atomic E-state index is 13.4. The Balaban J connectivity index is 1.44. The number of fused-ring (bicyclic) bond motifs is 2. The largest absolute Gasteiger partial charge is 0.490 e. The minimum Gasteiger partial charge on any atom is -0.490 e. The lowest BCUT2D eigenvalue weighted by atomic mass is 9.80. The highest BCUT2D eigenvalue weighted by atomic mass is 127. The van der Waals surface area contributed by atoms with Gasteiger partial charge in [0.1, 0.15) is 6.61 Å². The molecule has 1 N–H and O–H groups in total. The molecule has 0 aliphatic carbocycles. The fourth-order valence-electron chi connectivity index (χ4n) is 5.64. The molecule has 0 saturated carbocycles. The molecule has 0 radical (unpaired) electrons. The number of halogens is 1. The Kier molecular flexibility index (Phi) is 7.57. The second kappa shape index (κ2) is 11.3. The van der Waals surface area contributed by atoms with Crippen molar-refractivity contribution in [2.45, 2.75) is 39.1 Å². The summed E-state index contributed by atoms with van der Waals surface area (Å²) >= 11 is 2.22. The number of esters is 2. The molecule has 7 nitrogen and oxygen atoms in total. The van der Waals surface area contributed by atoms with Crippen LogP contribution in [0.2, 0.25) is 0 Å². The average molecular weight is 676 g/mol. The van der Waals surface area contributed by atoms with E-state index in [9.17, 15) is 9.59 Å². The molecule has 2 heterocycles. The van der Waals surface area contributed by atoms with Crippen molar-refractivity contribution in [3.63, 3.8) is 0 Å². The summed E-state index contributed by atoms with van der Waals surface area (Å²) in [5.74, 6) is -3.36.